The van der Waals surface area contributed by atoms with Crippen LogP contribution in [0.5, 0.6) is 0 Å². The SMILES string of the molecule is COC(=O)C(CC1CCCNC1=O)NC(=O)[C@@H]1[C@H]2C[C@H]2CN1C(=O)OC(C)(C)C. The predicted molar refractivity (Wildman–Crippen MR) is 103 cm³/mol. The summed E-state index contributed by atoms with van der Waals surface area (Å²) < 4.78 is 10.3. The molecule has 1 aliphatic carbocycles. The van der Waals surface area contributed by atoms with Crippen molar-refractivity contribution in [2.45, 2.75) is 64.1 Å². The number of ether oxygens (including phenoxy) is 2. The van der Waals surface area contributed by atoms with Crippen LogP contribution in [-0.4, -0.2) is 66.7 Å². The molecule has 0 aromatic heterocycles. The third-order valence-electron chi connectivity index (χ3n) is 5.77. The van der Waals surface area contributed by atoms with Gasteiger partial charge in [0.15, 0.2) is 0 Å². The van der Waals surface area contributed by atoms with Crippen LogP contribution in [0.1, 0.15) is 46.5 Å². The molecule has 29 heavy (non-hydrogen) atoms. The van der Waals surface area contributed by atoms with Crippen LogP contribution in [0, 0.1) is 17.8 Å². The van der Waals surface area contributed by atoms with E-state index in [9.17, 15) is 19.2 Å². The lowest BCUT2D eigenvalue weighted by Gasteiger charge is -2.31. The second-order valence-corrected chi connectivity index (χ2v) is 9.19. The largest absolute Gasteiger partial charge is 0.467 e. The number of hydrogen-bond acceptors (Lipinski definition) is 6. The third kappa shape index (κ3) is 5.00. The Morgan fingerprint density at radius 1 is 1.31 bits per heavy atom. The van der Waals surface area contributed by atoms with Crippen molar-refractivity contribution in [2.24, 2.45) is 17.8 Å². The van der Waals surface area contributed by atoms with E-state index in [1.807, 2.05) is 0 Å². The van der Waals surface area contributed by atoms with E-state index in [1.54, 1.807) is 20.8 Å². The summed E-state index contributed by atoms with van der Waals surface area (Å²) >= 11 is 0. The van der Waals surface area contributed by atoms with Gasteiger partial charge in [-0.15, -0.1) is 0 Å². The molecule has 5 atom stereocenters. The van der Waals surface area contributed by atoms with Crippen LogP contribution in [0.4, 0.5) is 4.79 Å². The maximum absolute atomic E-state index is 13.0. The first-order chi connectivity index (χ1) is 13.6. The van der Waals surface area contributed by atoms with Crippen molar-refractivity contribution < 1.29 is 28.7 Å². The van der Waals surface area contributed by atoms with E-state index >= 15 is 0 Å². The average Bonchev–Trinajstić information content (AvgIpc) is 3.30. The summed E-state index contributed by atoms with van der Waals surface area (Å²) in [7, 11) is 1.25. The molecular weight excluding hydrogens is 378 g/mol. The zero-order valence-electron chi connectivity index (χ0n) is 17.5. The Morgan fingerprint density at radius 3 is 2.66 bits per heavy atom. The number of hydrogen-bond donors (Lipinski definition) is 2. The number of methoxy groups -OCH3 is 1. The molecule has 1 saturated carbocycles. The summed E-state index contributed by atoms with van der Waals surface area (Å²) in [6.07, 6.45) is 2.03. The molecule has 3 fully saturated rings. The van der Waals surface area contributed by atoms with Gasteiger partial charge < -0.3 is 20.1 Å². The van der Waals surface area contributed by atoms with Crippen LogP contribution in [0.15, 0.2) is 0 Å². The molecule has 2 aliphatic heterocycles. The summed E-state index contributed by atoms with van der Waals surface area (Å²) in [4.78, 5) is 51.4. The molecule has 2 heterocycles. The number of fused-ring (bicyclic) bond motifs is 1. The van der Waals surface area contributed by atoms with Crippen molar-refractivity contribution >= 4 is 23.9 Å². The smallest absolute Gasteiger partial charge is 0.410 e. The van der Waals surface area contributed by atoms with Crippen LogP contribution in [0.2, 0.25) is 0 Å². The molecule has 3 aliphatic rings. The molecule has 0 bridgehead atoms. The van der Waals surface area contributed by atoms with E-state index in [0.29, 0.717) is 25.4 Å². The molecule has 162 valence electrons. The molecule has 0 radical (unpaired) electrons. The average molecular weight is 409 g/mol. The number of likely N-dealkylation sites (tertiary alicyclic amines) is 1. The van der Waals surface area contributed by atoms with Crippen molar-refractivity contribution in [3.05, 3.63) is 0 Å². The van der Waals surface area contributed by atoms with Crippen molar-refractivity contribution in [3.63, 3.8) is 0 Å². The zero-order valence-corrected chi connectivity index (χ0v) is 17.5. The Morgan fingerprint density at radius 2 is 2.03 bits per heavy atom. The molecule has 9 nitrogen and oxygen atoms in total. The molecule has 0 aromatic carbocycles. The van der Waals surface area contributed by atoms with Gasteiger partial charge in [-0.1, -0.05) is 0 Å². The number of esters is 1. The van der Waals surface area contributed by atoms with Crippen LogP contribution in [0.3, 0.4) is 0 Å². The fraction of sp³-hybridized carbons (Fsp3) is 0.800. The molecular formula is C20H31N3O6. The number of carbonyl (C=O) groups is 4. The van der Waals surface area contributed by atoms with Gasteiger partial charge in [0.25, 0.3) is 0 Å². The van der Waals surface area contributed by atoms with Crippen molar-refractivity contribution in [1.82, 2.24) is 15.5 Å². The van der Waals surface area contributed by atoms with Crippen LogP contribution in [-0.2, 0) is 23.9 Å². The summed E-state index contributed by atoms with van der Waals surface area (Å²) in [5.41, 5.74) is -0.659. The highest BCUT2D eigenvalue weighted by Crippen LogP contribution is 2.50. The minimum Gasteiger partial charge on any atom is -0.467 e. The van der Waals surface area contributed by atoms with Gasteiger partial charge in [-0.2, -0.15) is 0 Å². The summed E-state index contributed by atoms with van der Waals surface area (Å²) in [5.74, 6) is -1.08. The fourth-order valence-corrected chi connectivity index (χ4v) is 4.27. The van der Waals surface area contributed by atoms with Crippen molar-refractivity contribution in [2.75, 3.05) is 20.2 Å². The molecule has 2 saturated heterocycles. The second kappa shape index (κ2) is 8.20. The van der Waals surface area contributed by atoms with Gasteiger partial charge in [-0.25, -0.2) is 9.59 Å². The van der Waals surface area contributed by atoms with Gasteiger partial charge in [-0.3, -0.25) is 14.5 Å². The molecule has 9 heteroatoms. The highest BCUT2D eigenvalue weighted by Gasteiger charge is 2.58. The topological polar surface area (TPSA) is 114 Å². The van der Waals surface area contributed by atoms with E-state index in [4.69, 9.17) is 9.47 Å². The van der Waals surface area contributed by atoms with Gasteiger partial charge in [0.05, 0.1) is 7.11 Å². The zero-order chi connectivity index (χ0) is 21.3. The number of piperidine rings is 2. The van der Waals surface area contributed by atoms with Crippen LogP contribution in [0.25, 0.3) is 0 Å². The number of nitrogens with one attached hydrogen (secondary N) is 2. The quantitative estimate of drug-likeness (QED) is 0.650. The highest BCUT2D eigenvalue weighted by atomic mass is 16.6. The summed E-state index contributed by atoms with van der Waals surface area (Å²) in [6, 6.07) is -1.60. The standard InChI is InChI=1S/C20H31N3O6/c1-20(2,3)29-19(27)23-10-12-8-13(12)15(23)17(25)22-14(18(26)28-4)9-11-6-5-7-21-16(11)24/h11-15H,5-10H2,1-4H3,(H,21,24)(H,22,25)/t11?,12-,13-,14?,15-/m0/s1. The Kier molecular flexibility index (Phi) is 6.05. The molecule has 0 aromatic rings. The normalized spacial score (nSPS) is 29.4. The number of rotatable bonds is 5. The van der Waals surface area contributed by atoms with Gasteiger partial charge >= 0.3 is 12.1 Å². The Labute approximate surface area is 170 Å². The Hall–Kier alpha value is -2.32. The molecule has 2 unspecified atom stereocenters. The first-order valence-electron chi connectivity index (χ1n) is 10.3. The molecule has 3 amide bonds. The van der Waals surface area contributed by atoms with E-state index in [1.165, 1.54) is 12.0 Å². The van der Waals surface area contributed by atoms with Gasteiger partial charge in [0, 0.05) is 19.0 Å². The monoisotopic (exact) mass is 409 g/mol. The summed E-state index contributed by atoms with van der Waals surface area (Å²) in [5, 5.41) is 5.53. The predicted octanol–water partition coefficient (Wildman–Crippen LogP) is 0.816. The lowest BCUT2D eigenvalue weighted by Crippen LogP contribution is -2.54. The minimum atomic E-state index is -0.931. The number of amides is 3. The Bertz CT molecular complexity index is 688. The van der Waals surface area contributed by atoms with Crippen molar-refractivity contribution in [3.8, 4) is 0 Å². The lowest BCUT2D eigenvalue weighted by molar-refractivity contribution is -0.146. The van der Waals surface area contributed by atoms with Crippen LogP contribution >= 0.6 is 0 Å². The van der Waals surface area contributed by atoms with Crippen LogP contribution < -0.4 is 10.6 Å². The maximum Gasteiger partial charge on any atom is 0.410 e. The maximum atomic E-state index is 13.0. The first-order valence-corrected chi connectivity index (χ1v) is 10.3. The van der Waals surface area contributed by atoms with E-state index in [-0.39, 0.29) is 24.2 Å². The molecule has 2 N–H and O–H groups in total. The van der Waals surface area contributed by atoms with Crippen molar-refractivity contribution in [1.29, 1.82) is 0 Å². The van der Waals surface area contributed by atoms with Gasteiger partial charge in [0.1, 0.15) is 17.7 Å². The fourth-order valence-electron chi connectivity index (χ4n) is 4.27. The van der Waals surface area contributed by atoms with E-state index < -0.39 is 35.7 Å². The van der Waals surface area contributed by atoms with Gasteiger partial charge in [-0.05, 0) is 58.3 Å². The highest BCUT2D eigenvalue weighted by molar-refractivity contribution is 5.91. The van der Waals surface area contributed by atoms with E-state index in [2.05, 4.69) is 10.6 Å². The van der Waals surface area contributed by atoms with Gasteiger partial charge in [0.2, 0.25) is 11.8 Å². The number of nitrogens with zero attached hydrogens (tertiary/aromatic N) is 1. The van der Waals surface area contributed by atoms with E-state index in [0.717, 1.165) is 12.8 Å². The minimum absolute atomic E-state index is 0.0822. The number of carbonyl (C=O) groups excluding carboxylic acids is 4. The second-order valence-electron chi connectivity index (χ2n) is 9.19. The lowest BCUT2D eigenvalue weighted by atomic mass is 9.91. The molecule has 3 rings (SSSR count). The Balaban J connectivity index is 1.68. The summed E-state index contributed by atoms with van der Waals surface area (Å²) in [6.45, 7) is 6.43. The molecule has 0 spiro atoms. The first kappa shape index (κ1) is 21.4. The third-order valence-corrected chi connectivity index (χ3v) is 5.77.